The molecule has 1 N–H and O–H groups in total. The molecular formula is C22H25N7O2. The van der Waals surface area contributed by atoms with Crippen molar-refractivity contribution in [3.8, 4) is 0 Å². The molecule has 0 aromatic carbocycles. The quantitative estimate of drug-likeness (QED) is 0.698. The minimum Gasteiger partial charge on any atom is -0.348 e. The second-order valence-corrected chi connectivity index (χ2v) is 8.23. The van der Waals surface area contributed by atoms with Crippen LogP contribution in [0.2, 0.25) is 0 Å². The molecular weight excluding hydrogens is 394 g/mol. The first-order valence-corrected chi connectivity index (χ1v) is 10.6. The molecule has 9 nitrogen and oxygen atoms in total. The van der Waals surface area contributed by atoms with Crippen molar-refractivity contribution in [3.63, 3.8) is 0 Å². The molecule has 0 aliphatic carbocycles. The lowest BCUT2D eigenvalue weighted by molar-refractivity contribution is 0.0432. The van der Waals surface area contributed by atoms with E-state index in [4.69, 9.17) is 0 Å². The SMILES string of the molecule is Cn1cc(C(=O)N2CCc3[nH]cnc3C2C2CCN(C(=O)c3cccnc3)CC2)cn1. The number of imidazole rings is 1. The lowest BCUT2D eigenvalue weighted by Crippen LogP contribution is -2.47. The second-order valence-electron chi connectivity index (χ2n) is 8.23. The number of aryl methyl sites for hydroxylation is 1. The van der Waals surface area contributed by atoms with E-state index in [1.54, 1.807) is 47.9 Å². The zero-order chi connectivity index (χ0) is 21.4. The summed E-state index contributed by atoms with van der Waals surface area (Å²) < 4.78 is 1.65. The summed E-state index contributed by atoms with van der Waals surface area (Å²) in [6.45, 7) is 1.95. The van der Waals surface area contributed by atoms with Crippen LogP contribution in [0, 0.1) is 5.92 Å². The maximum absolute atomic E-state index is 13.3. The maximum Gasteiger partial charge on any atom is 0.257 e. The number of hydrogen-bond acceptors (Lipinski definition) is 5. The molecule has 1 fully saturated rings. The number of carbonyl (C=O) groups is 2. The fourth-order valence-electron chi connectivity index (χ4n) is 4.80. The highest BCUT2D eigenvalue weighted by atomic mass is 16.2. The lowest BCUT2D eigenvalue weighted by atomic mass is 9.83. The Hall–Kier alpha value is -3.49. The summed E-state index contributed by atoms with van der Waals surface area (Å²) in [5.41, 5.74) is 3.27. The standard InChI is InChI=1S/C22H25N7O2/c1-27-13-17(12-26-27)22(31)29-10-6-18-19(25-14-24-18)20(29)15-4-8-28(9-5-15)21(30)16-3-2-7-23-11-16/h2-3,7,11-15,20H,4-6,8-10H2,1H3,(H,24,25). The summed E-state index contributed by atoms with van der Waals surface area (Å²) in [7, 11) is 1.81. The van der Waals surface area contributed by atoms with Crippen LogP contribution in [0.1, 0.15) is 51.0 Å². The number of H-pyrrole nitrogens is 1. The highest BCUT2D eigenvalue weighted by Gasteiger charge is 2.40. The number of amides is 2. The molecule has 3 aromatic heterocycles. The van der Waals surface area contributed by atoms with Gasteiger partial charge < -0.3 is 14.8 Å². The van der Waals surface area contributed by atoms with Gasteiger partial charge in [0.25, 0.3) is 11.8 Å². The van der Waals surface area contributed by atoms with Gasteiger partial charge in [-0.2, -0.15) is 5.10 Å². The summed E-state index contributed by atoms with van der Waals surface area (Å²) in [4.78, 5) is 41.8. The third kappa shape index (κ3) is 3.60. The van der Waals surface area contributed by atoms with E-state index in [2.05, 4.69) is 20.1 Å². The van der Waals surface area contributed by atoms with Gasteiger partial charge in [-0.1, -0.05) is 0 Å². The number of hydrogen-bond donors (Lipinski definition) is 1. The van der Waals surface area contributed by atoms with Crippen LogP contribution < -0.4 is 0 Å². The fraction of sp³-hybridized carbons (Fsp3) is 0.409. The van der Waals surface area contributed by atoms with E-state index < -0.39 is 0 Å². The van der Waals surface area contributed by atoms with Gasteiger partial charge in [0.1, 0.15) is 0 Å². The molecule has 1 saturated heterocycles. The number of carbonyl (C=O) groups excluding carboxylic acids is 2. The van der Waals surface area contributed by atoms with Crippen molar-refractivity contribution in [1.82, 2.24) is 34.5 Å². The van der Waals surface area contributed by atoms with Gasteiger partial charge >= 0.3 is 0 Å². The number of aromatic nitrogens is 5. The minimum absolute atomic E-state index is 0.0129. The van der Waals surface area contributed by atoms with Crippen LogP contribution in [0.4, 0.5) is 0 Å². The molecule has 2 amide bonds. The number of fused-ring (bicyclic) bond motifs is 1. The molecule has 0 radical (unpaired) electrons. The lowest BCUT2D eigenvalue weighted by Gasteiger charge is -2.42. The van der Waals surface area contributed by atoms with Crippen molar-refractivity contribution in [3.05, 3.63) is 65.8 Å². The van der Waals surface area contributed by atoms with Crippen LogP contribution in [0.3, 0.4) is 0 Å². The molecule has 31 heavy (non-hydrogen) atoms. The van der Waals surface area contributed by atoms with E-state index in [1.807, 2.05) is 16.8 Å². The number of likely N-dealkylation sites (tertiary alicyclic amines) is 1. The van der Waals surface area contributed by atoms with Crippen molar-refractivity contribution in [2.24, 2.45) is 13.0 Å². The number of pyridine rings is 1. The molecule has 0 saturated carbocycles. The first-order valence-electron chi connectivity index (χ1n) is 10.6. The maximum atomic E-state index is 13.3. The van der Waals surface area contributed by atoms with Gasteiger partial charge in [-0.05, 0) is 30.9 Å². The van der Waals surface area contributed by atoms with Crippen molar-refractivity contribution in [2.45, 2.75) is 25.3 Å². The van der Waals surface area contributed by atoms with Crippen LogP contribution in [-0.2, 0) is 13.5 Å². The van der Waals surface area contributed by atoms with E-state index in [-0.39, 0.29) is 23.8 Å². The molecule has 5 heterocycles. The smallest absolute Gasteiger partial charge is 0.257 e. The number of aromatic amines is 1. The van der Waals surface area contributed by atoms with Crippen LogP contribution >= 0.6 is 0 Å². The van der Waals surface area contributed by atoms with Crippen LogP contribution in [0.5, 0.6) is 0 Å². The van der Waals surface area contributed by atoms with Crippen LogP contribution in [0.25, 0.3) is 0 Å². The summed E-state index contributed by atoms with van der Waals surface area (Å²) >= 11 is 0. The Balaban J connectivity index is 1.36. The van der Waals surface area contributed by atoms with E-state index in [1.165, 1.54) is 0 Å². The highest BCUT2D eigenvalue weighted by Crippen LogP contribution is 2.39. The molecule has 5 rings (SSSR count). The zero-order valence-electron chi connectivity index (χ0n) is 17.4. The number of piperidine rings is 1. The van der Waals surface area contributed by atoms with Crippen molar-refractivity contribution in [1.29, 1.82) is 0 Å². The molecule has 2 aliphatic heterocycles. The highest BCUT2D eigenvalue weighted by molar-refractivity contribution is 5.94. The Morgan fingerprint density at radius 2 is 1.94 bits per heavy atom. The largest absolute Gasteiger partial charge is 0.348 e. The van der Waals surface area contributed by atoms with E-state index in [9.17, 15) is 9.59 Å². The normalized spacial score (nSPS) is 19.3. The number of nitrogens with zero attached hydrogens (tertiary/aromatic N) is 6. The molecule has 3 aromatic rings. The third-order valence-electron chi connectivity index (χ3n) is 6.36. The van der Waals surface area contributed by atoms with Gasteiger partial charge in [0, 0.05) is 57.4 Å². The van der Waals surface area contributed by atoms with Gasteiger partial charge in [-0.25, -0.2) is 4.98 Å². The Labute approximate surface area is 180 Å². The first kappa shape index (κ1) is 19.5. The molecule has 160 valence electrons. The van der Waals surface area contributed by atoms with Gasteiger partial charge in [0.2, 0.25) is 0 Å². The Morgan fingerprint density at radius 1 is 1.10 bits per heavy atom. The predicted octanol–water partition coefficient (Wildman–Crippen LogP) is 1.83. The molecule has 1 unspecified atom stereocenters. The monoisotopic (exact) mass is 419 g/mol. The average molecular weight is 419 g/mol. The molecule has 0 spiro atoms. The van der Waals surface area contributed by atoms with Gasteiger partial charge in [-0.15, -0.1) is 0 Å². The summed E-state index contributed by atoms with van der Waals surface area (Å²) in [5.74, 6) is 0.237. The summed E-state index contributed by atoms with van der Waals surface area (Å²) in [5, 5.41) is 4.16. The molecule has 0 bridgehead atoms. The van der Waals surface area contributed by atoms with Crippen LogP contribution in [-0.4, -0.2) is 66.0 Å². The molecule has 9 heteroatoms. The number of nitrogens with one attached hydrogen (secondary N) is 1. The Morgan fingerprint density at radius 3 is 2.65 bits per heavy atom. The predicted molar refractivity (Wildman–Crippen MR) is 112 cm³/mol. The second kappa shape index (κ2) is 7.98. The minimum atomic E-state index is -0.0987. The molecule has 2 aliphatic rings. The van der Waals surface area contributed by atoms with Gasteiger partial charge in [0.15, 0.2) is 0 Å². The van der Waals surface area contributed by atoms with E-state index >= 15 is 0 Å². The Kier molecular flexibility index (Phi) is 5.01. The van der Waals surface area contributed by atoms with Gasteiger partial charge in [0.05, 0.1) is 35.4 Å². The van der Waals surface area contributed by atoms with Crippen molar-refractivity contribution < 1.29 is 9.59 Å². The fourth-order valence-corrected chi connectivity index (χ4v) is 4.80. The average Bonchev–Trinajstić information content (AvgIpc) is 3.47. The van der Waals surface area contributed by atoms with Crippen molar-refractivity contribution >= 4 is 11.8 Å². The number of rotatable bonds is 3. The van der Waals surface area contributed by atoms with Gasteiger partial charge in [-0.3, -0.25) is 19.3 Å². The first-order chi connectivity index (χ1) is 15.1. The Bertz CT molecular complexity index is 1080. The molecule has 1 atom stereocenters. The van der Waals surface area contributed by atoms with Crippen molar-refractivity contribution in [2.75, 3.05) is 19.6 Å². The zero-order valence-corrected chi connectivity index (χ0v) is 17.4. The summed E-state index contributed by atoms with van der Waals surface area (Å²) in [6.07, 6.45) is 10.8. The van der Waals surface area contributed by atoms with E-state index in [0.29, 0.717) is 30.8 Å². The third-order valence-corrected chi connectivity index (χ3v) is 6.36. The topological polar surface area (TPSA) is 100 Å². The van der Waals surface area contributed by atoms with E-state index in [0.717, 1.165) is 30.7 Å². The summed E-state index contributed by atoms with van der Waals surface area (Å²) in [6, 6.07) is 3.48. The van der Waals surface area contributed by atoms with Crippen LogP contribution in [0.15, 0.2) is 43.2 Å².